The summed E-state index contributed by atoms with van der Waals surface area (Å²) in [5, 5.41) is 0. The fraction of sp³-hybridized carbons (Fsp3) is 0.818. The highest BCUT2D eigenvalue weighted by Crippen LogP contribution is 2.50. The number of allylic oxidation sites excluding steroid dienone is 2. The Morgan fingerprint density at radius 3 is 1.82 bits per heavy atom. The molecule has 0 aromatic rings. The van der Waals surface area contributed by atoms with E-state index in [9.17, 15) is 0 Å². The maximum absolute atomic E-state index is 2.46. The number of fused-ring (bicyclic) bond motifs is 2. The molecule has 2 aliphatic rings. The first-order chi connectivity index (χ1) is 5.36. The Hall–Kier alpha value is -0.260. The lowest BCUT2D eigenvalue weighted by atomic mass is 9.80. The molecule has 2 aliphatic carbocycles. The molecule has 0 heteroatoms. The van der Waals surface area contributed by atoms with E-state index in [2.05, 4.69) is 26.0 Å². The third-order valence-electron chi connectivity index (χ3n) is 3.74. The van der Waals surface area contributed by atoms with E-state index in [4.69, 9.17) is 0 Å². The Morgan fingerprint density at radius 2 is 1.45 bits per heavy atom. The molecule has 2 bridgehead atoms. The summed E-state index contributed by atoms with van der Waals surface area (Å²) in [6.45, 7) is 4.70. The number of rotatable bonds is 2. The van der Waals surface area contributed by atoms with Crippen LogP contribution < -0.4 is 0 Å². The zero-order valence-electron chi connectivity index (χ0n) is 7.59. The Bertz CT molecular complexity index is 151. The van der Waals surface area contributed by atoms with Gasteiger partial charge in [0.25, 0.3) is 0 Å². The molecule has 1 fully saturated rings. The molecule has 0 aromatic carbocycles. The van der Waals surface area contributed by atoms with E-state index < -0.39 is 0 Å². The Morgan fingerprint density at radius 1 is 1.00 bits per heavy atom. The van der Waals surface area contributed by atoms with Crippen LogP contribution in [0.2, 0.25) is 0 Å². The summed E-state index contributed by atoms with van der Waals surface area (Å²) in [5.41, 5.74) is 0. The van der Waals surface area contributed by atoms with Crippen molar-refractivity contribution in [1.29, 1.82) is 0 Å². The summed E-state index contributed by atoms with van der Waals surface area (Å²) in [4.78, 5) is 0. The lowest BCUT2D eigenvalue weighted by Gasteiger charge is -2.25. The van der Waals surface area contributed by atoms with Crippen molar-refractivity contribution < 1.29 is 0 Å². The second kappa shape index (κ2) is 2.66. The quantitative estimate of drug-likeness (QED) is 0.530. The Balaban J connectivity index is 2.15. The predicted octanol–water partition coefficient (Wildman–Crippen LogP) is 3.24. The highest BCUT2D eigenvalue weighted by molar-refractivity contribution is 5.12. The van der Waals surface area contributed by atoms with Crippen LogP contribution in [0.5, 0.6) is 0 Å². The molecular formula is C11H18. The first kappa shape index (κ1) is 7.39. The minimum absolute atomic E-state index is 0.954. The molecular weight excluding hydrogens is 132 g/mol. The van der Waals surface area contributed by atoms with Crippen molar-refractivity contribution in [3.05, 3.63) is 12.2 Å². The minimum Gasteiger partial charge on any atom is -0.0848 e. The van der Waals surface area contributed by atoms with Gasteiger partial charge in [-0.05, 0) is 30.1 Å². The summed E-state index contributed by atoms with van der Waals surface area (Å²) in [6, 6.07) is 0. The minimum atomic E-state index is 0.954. The van der Waals surface area contributed by atoms with Gasteiger partial charge in [-0.15, -0.1) is 0 Å². The van der Waals surface area contributed by atoms with Crippen molar-refractivity contribution >= 4 is 0 Å². The summed E-state index contributed by atoms with van der Waals surface area (Å²) >= 11 is 0. The van der Waals surface area contributed by atoms with Gasteiger partial charge in [-0.2, -0.15) is 0 Å². The topological polar surface area (TPSA) is 0 Å². The lowest BCUT2D eigenvalue weighted by Crippen LogP contribution is -2.17. The Labute approximate surface area is 69.7 Å². The molecule has 0 heterocycles. The van der Waals surface area contributed by atoms with Crippen LogP contribution in [0.4, 0.5) is 0 Å². The van der Waals surface area contributed by atoms with E-state index in [1.165, 1.54) is 19.3 Å². The van der Waals surface area contributed by atoms with Crippen molar-refractivity contribution in [2.75, 3.05) is 0 Å². The van der Waals surface area contributed by atoms with Gasteiger partial charge in [-0.3, -0.25) is 0 Å². The van der Waals surface area contributed by atoms with Crippen molar-refractivity contribution in [3.8, 4) is 0 Å². The van der Waals surface area contributed by atoms with Crippen LogP contribution in [0, 0.1) is 23.7 Å². The summed E-state index contributed by atoms with van der Waals surface area (Å²) in [7, 11) is 0. The van der Waals surface area contributed by atoms with Crippen molar-refractivity contribution in [2.24, 2.45) is 23.7 Å². The largest absolute Gasteiger partial charge is 0.0848 e. The number of hydrogen-bond acceptors (Lipinski definition) is 0. The van der Waals surface area contributed by atoms with Gasteiger partial charge in [0.05, 0.1) is 0 Å². The van der Waals surface area contributed by atoms with E-state index in [0.29, 0.717) is 0 Å². The van der Waals surface area contributed by atoms with Gasteiger partial charge < -0.3 is 0 Å². The van der Waals surface area contributed by atoms with Gasteiger partial charge >= 0.3 is 0 Å². The average Bonchev–Trinajstić information content (AvgIpc) is 2.60. The molecule has 0 spiro atoms. The summed E-state index contributed by atoms with van der Waals surface area (Å²) < 4.78 is 0. The lowest BCUT2D eigenvalue weighted by molar-refractivity contribution is 0.292. The molecule has 0 unspecified atom stereocenters. The zero-order valence-corrected chi connectivity index (χ0v) is 7.59. The SMILES string of the molecule is CC[C@@H]1[C@@H](CC)[C@@H]2C=C[C@@H]1C2. The molecule has 0 aromatic heterocycles. The molecule has 62 valence electrons. The smallest absolute Gasteiger partial charge is 0.0197 e. The van der Waals surface area contributed by atoms with E-state index >= 15 is 0 Å². The van der Waals surface area contributed by atoms with Crippen molar-refractivity contribution in [2.45, 2.75) is 33.1 Å². The maximum atomic E-state index is 2.46. The zero-order chi connectivity index (χ0) is 7.84. The van der Waals surface area contributed by atoms with E-state index in [1.807, 2.05) is 0 Å². The monoisotopic (exact) mass is 150 g/mol. The van der Waals surface area contributed by atoms with E-state index in [1.54, 1.807) is 0 Å². The Kier molecular flexibility index (Phi) is 1.78. The molecule has 0 nitrogen and oxygen atoms in total. The van der Waals surface area contributed by atoms with Gasteiger partial charge in [0.15, 0.2) is 0 Å². The molecule has 0 aliphatic heterocycles. The normalized spacial score (nSPS) is 47.1. The van der Waals surface area contributed by atoms with Crippen LogP contribution in [0.3, 0.4) is 0 Å². The van der Waals surface area contributed by atoms with Crippen LogP contribution >= 0.6 is 0 Å². The highest BCUT2D eigenvalue weighted by atomic mass is 14.5. The van der Waals surface area contributed by atoms with Gasteiger partial charge in [0.1, 0.15) is 0 Å². The second-order valence-electron chi connectivity index (χ2n) is 4.09. The first-order valence-corrected chi connectivity index (χ1v) is 5.05. The van der Waals surface area contributed by atoms with Gasteiger partial charge in [0, 0.05) is 0 Å². The van der Waals surface area contributed by atoms with Crippen LogP contribution in [0.25, 0.3) is 0 Å². The maximum Gasteiger partial charge on any atom is -0.0197 e. The first-order valence-electron chi connectivity index (χ1n) is 5.05. The average molecular weight is 150 g/mol. The molecule has 11 heavy (non-hydrogen) atoms. The predicted molar refractivity (Wildman–Crippen MR) is 48.3 cm³/mol. The van der Waals surface area contributed by atoms with Crippen LogP contribution in [-0.4, -0.2) is 0 Å². The molecule has 1 saturated carbocycles. The molecule has 0 amide bonds. The molecule has 0 saturated heterocycles. The standard InChI is InChI=1S/C11H18/c1-3-10-8-5-6-9(7-8)11(10)4-2/h5-6,8-11H,3-4,7H2,1-2H3/t8-,9-,10+,11+/m1/s1. The van der Waals surface area contributed by atoms with Crippen LogP contribution in [-0.2, 0) is 0 Å². The fourth-order valence-electron chi connectivity index (χ4n) is 3.24. The fourth-order valence-corrected chi connectivity index (χ4v) is 3.24. The second-order valence-corrected chi connectivity index (χ2v) is 4.09. The number of hydrogen-bond donors (Lipinski definition) is 0. The van der Waals surface area contributed by atoms with Gasteiger partial charge in [-0.25, -0.2) is 0 Å². The molecule has 0 N–H and O–H groups in total. The molecule has 4 atom stereocenters. The van der Waals surface area contributed by atoms with Gasteiger partial charge in [0.2, 0.25) is 0 Å². The molecule has 2 rings (SSSR count). The van der Waals surface area contributed by atoms with E-state index in [-0.39, 0.29) is 0 Å². The third kappa shape index (κ3) is 0.953. The van der Waals surface area contributed by atoms with E-state index in [0.717, 1.165) is 23.7 Å². The summed E-state index contributed by atoms with van der Waals surface area (Å²) in [5.74, 6) is 3.95. The van der Waals surface area contributed by atoms with Crippen LogP contribution in [0.15, 0.2) is 12.2 Å². The van der Waals surface area contributed by atoms with Gasteiger partial charge in [-0.1, -0.05) is 38.8 Å². The van der Waals surface area contributed by atoms with Crippen molar-refractivity contribution in [1.82, 2.24) is 0 Å². The van der Waals surface area contributed by atoms with Crippen molar-refractivity contribution in [3.63, 3.8) is 0 Å². The highest BCUT2D eigenvalue weighted by Gasteiger charge is 2.41. The third-order valence-corrected chi connectivity index (χ3v) is 3.74. The summed E-state index contributed by atoms with van der Waals surface area (Å²) in [6.07, 6.45) is 9.18. The molecule has 0 radical (unpaired) electrons. The van der Waals surface area contributed by atoms with Crippen LogP contribution in [0.1, 0.15) is 33.1 Å².